The number of Topliss-reactive ketones (excluding diaryl/α,β-unsaturated/α-hetero) is 1. The molecule has 162 valence electrons. The number of ketones is 1. The van der Waals surface area contributed by atoms with Gasteiger partial charge in [-0.2, -0.15) is 0 Å². The molecule has 0 spiro atoms. The van der Waals surface area contributed by atoms with Gasteiger partial charge in [-0.1, -0.05) is 24.3 Å². The fraction of sp³-hybridized carbons (Fsp3) is 0.346. The summed E-state index contributed by atoms with van der Waals surface area (Å²) in [6.45, 7) is -0.115. The molecule has 3 fully saturated rings. The van der Waals surface area contributed by atoms with Crippen LogP contribution in [0.4, 0.5) is 5.69 Å². The summed E-state index contributed by atoms with van der Waals surface area (Å²) >= 11 is 0. The lowest BCUT2D eigenvalue weighted by Gasteiger charge is -2.37. The highest BCUT2D eigenvalue weighted by Gasteiger charge is 2.67. The van der Waals surface area contributed by atoms with Crippen molar-refractivity contribution in [3.8, 4) is 11.5 Å². The fourth-order valence-electron chi connectivity index (χ4n) is 5.93. The van der Waals surface area contributed by atoms with Gasteiger partial charge in [0.05, 0.1) is 24.6 Å². The van der Waals surface area contributed by atoms with E-state index in [9.17, 15) is 14.4 Å². The van der Waals surface area contributed by atoms with Crippen molar-refractivity contribution in [3.63, 3.8) is 0 Å². The second-order valence-electron chi connectivity index (χ2n) is 9.10. The van der Waals surface area contributed by atoms with Crippen LogP contribution in [0.5, 0.6) is 11.5 Å². The maximum Gasteiger partial charge on any atom is 0.238 e. The van der Waals surface area contributed by atoms with Crippen molar-refractivity contribution in [3.05, 3.63) is 66.2 Å². The predicted molar refractivity (Wildman–Crippen MR) is 116 cm³/mol. The summed E-state index contributed by atoms with van der Waals surface area (Å²) in [5, 5.41) is 0. The predicted octanol–water partition coefficient (Wildman–Crippen LogP) is 3.51. The number of imide groups is 1. The minimum absolute atomic E-state index is 0.0772. The van der Waals surface area contributed by atoms with Gasteiger partial charge in [-0.05, 0) is 66.5 Å². The van der Waals surface area contributed by atoms with Crippen LogP contribution in [-0.2, 0) is 9.59 Å². The topological polar surface area (TPSA) is 72.9 Å². The van der Waals surface area contributed by atoms with Gasteiger partial charge in [0.1, 0.15) is 11.5 Å². The molecule has 4 aliphatic carbocycles. The smallest absolute Gasteiger partial charge is 0.238 e. The van der Waals surface area contributed by atoms with Crippen LogP contribution in [0, 0.1) is 35.5 Å². The van der Waals surface area contributed by atoms with Crippen molar-refractivity contribution in [1.82, 2.24) is 0 Å². The molecule has 1 saturated heterocycles. The lowest BCUT2D eigenvalue weighted by atomic mass is 9.63. The lowest BCUT2D eigenvalue weighted by Crippen LogP contribution is -2.40. The molecule has 7 rings (SSSR count). The molecular weight excluding hydrogens is 406 g/mol. The van der Waals surface area contributed by atoms with Gasteiger partial charge in [-0.3, -0.25) is 19.3 Å². The second kappa shape index (κ2) is 7.05. The molecule has 6 heteroatoms. The zero-order chi connectivity index (χ0) is 22.0. The molecule has 0 N–H and O–H groups in total. The summed E-state index contributed by atoms with van der Waals surface area (Å²) in [6, 6.07) is 13.7. The van der Waals surface area contributed by atoms with E-state index in [1.54, 1.807) is 55.6 Å². The normalized spacial score (nSPS) is 31.3. The molecule has 6 nitrogen and oxygen atoms in total. The van der Waals surface area contributed by atoms with Crippen LogP contribution in [0.1, 0.15) is 16.8 Å². The molecule has 0 unspecified atom stereocenters. The average molecular weight is 429 g/mol. The van der Waals surface area contributed by atoms with Crippen molar-refractivity contribution in [2.75, 3.05) is 18.6 Å². The van der Waals surface area contributed by atoms with Crippen LogP contribution >= 0.6 is 0 Å². The maximum absolute atomic E-state index is 13.2. The summed E-state index contributed by atoms with van der Waals surface area (Å²) in [5.41, 5.74) is 1.08. The first-order valence-electron chi connectivity index (χ1n) is 11.0. The number of benzene rings is 2. The van der Waals surface area contributed by atoms with E-state index in [0.717, 1.165) is 6.42 Å². The molecule has 2 amide bonds. The van der Waals surface area contributed by atoms with Gasteiger partial charge in [0.2, 0.25) is 11.8 Å². The number of ether oxygens (including phenoxy) is 2. The van der Waals surface area contributed by atoms with E-state index in [1.165, 1.54) is 4.90 Å². The average Bonchev–Trinajstić information content (AvgIpc) is 3.61. The zero-order valence-electron chi connectivity index (χ0n) is 17.6. The van der Waals surface area contributed by atoms with Crippen LogP contribution in [-0.4, -0.2) is 31.3 Å². The number of anilines is 1. The van der Waals surface area contributed by atoms with E-state index < -0.39 is 0 Å². The summed E-state index contributed by atoms with van der Waals surface area (Å²) < 4.78 is 10.8. The second-order valence-corrected chi connectivity index (χ2v) is 9.10. The molecule has 2 aromatic carbocycles. The van der Waals surface area contributed by atoms with Crippen LogP contribution in [0.15, 0.2) is 60.7 Å². The zero-order valence-corrected chi connectivity index (χ0v) is 17.6. The van der Waals surface area contributed by atoms with Gasteiger partial charge in [0, 0.05) is 5.56 Å². The molecule has 6 atom stereocenters. The van der Waals surface area contributed by atoms with E-state index >= 15 is 0 Å². The Hall–Kier alpha value is -3.41. The van der Waals surface area contributed by atoms with E-state index in [4.69, 9.17) is 9.47 Å². The Balaban J connectivity index is 1.15. The Bertz CT molecular complexity index is 1120. The maximum atomic E-state index is 13.2. The number of carbonyl (C=O) groups is 3. The van der Waals surface area contributed by atoms with Crippen LogP contribution in [0.2, 0.25) is 0 Å². The van der Waals surface area contributed by atoms with Gasteiger partial charge in [-0.25, -0.2) is 0 Å². The fourth-order valence-corrected chi connectivity index (χ4v) is 5.93. The third kappa shape index (κ3) is 2.82. The van der Waals surface area contributed by atoms with Crippen molar-refractivity contribution < 1.29 is 23.9 Å². The monoisotopic (exact) mass is 429 g/mol. The van der Waals surface area contributed by atoms with Crippen molar-refractivity contribution in [1.29, 1.82) is 0 Å². The Labute approximate surface area is 185 Å². The third-order valence-electron chi connectivity index (χ3n) is 7.52. The van der Waals surface area contributed by atoms with Crippen LogP contribution in [0.3, 0.4) is 0 Å². The van der Waals surface area contributed by atoms with Gasteiger partial charge in [-0.15, -0.1) is 0 Å². The standard InChI is InChI=1S/C26H23NO5/c1-31-17-4-2-3-14(11-17)22(28)13-32-16-7-5-15(6-8-16)27-25(29)23-18-9-10-19(21-12-20(18)21)24(23)26(27)30/h2-11,18-21,23-24H,12-13H2,1H3/t18-,19-,20-,21-,23-,24-/m1/s1. The number of allylic oxidation sites excluding steroid dienone is 2. The van der Waals surface area contributed by atoms with Gasteiger partial charge >= 0.3 is 0 Å². The molecule has 1 aliphatic heterocycles. The summed E-state index contributed by atoms with van der Waals surface area (Å²) in [6.07, 6.45) is 5.49. The first-order valence-corrected chi connectivity index (χ1v) is 11.0. The van der Waals surface area contributed by atoms with Crippen molar-refractivity contribution in [2.45, 2.75) is 6.42 Å². The molecule has 0 radical (unpaired) electrons. The first-order chi connectivity index (χ1) is 15.6. The Morgan fingerprint density at radius 1 is 0.938 bits per heavy atom. The number of hydrogen-bond donors (Lipinski definition) is 0. The summed E-state index contributed by atoms with van der Waals surface area (Å²) in [5.74, 6) is 1.97. The molecule has 2 bridgehead atoms. The minimum atomic E-state index is -0.210. The first kappa shape index (κ1) is 19.3. The number of rotatable bonds is 6. The van der Waals surface area contributed by atoms with Crippen molar-refractivity contribution in [2.24, 2.45) is 35.5 Å². The minimum Gasteiger partial charge on any atom is -0.497 e. The number of methoxy groups -OCH3 is 1. The Morgan fingerprint density at radius 3 is 2.22 bits per heavy atom. The highest BCUT2D eigenvalue weighted by Crippen LogP contribution is 2.65. The quantitative estimate of drug-likeness (QED) is 0.399. The SMILES string of the molecule is COc1cccc(C(=O)COc2ccc(N3C(=O)[C@@H]4[C@@H]5C=C[C@H]([C@H]6C[C@H]56)[C@H]4C3=O)cc2)c1. The number of carbonyl (C=O) groups excluding carboxylic acids is 3. The van der Waals surface area contributed by atoms with Gasteiger partial charge < -0.3 is 9.47 Å². The molecule has 0 aromatic heterocycles. The number of amides is 2. The highest BCUT2D eigenvalue weighted by molar-refractivity contribution is 6.22. The lowest BCUT2D eigenvalue weighted by molar-refractivity contribution is -0.124. The Morgan fingerprint density at radius 2 is 1.59 bits per heavy atom. The molecule has 2 saturated carbocycles. The highest BCUT2D eigenvalue weighted by atomic mass is 16.5. The van der Waals surface area contributed by atoms with E-state index in [-0.39, 0.29) is 47.9 Å². The molecule has 2 aromatic rings. The van der Waals surface area contributed by atoms with Gasteiger partial charge in [0.15, 0.2) is 12.4 Å². The van der Waals surface area contributed by atoms with Crippen LogP contribution < -0.4 is 14.4 Å². The van der Waals surface area contributed by atoms with E-state index in [2.05, 4.69) is 12.2 Å². The third-order valence-corrected chi connectivity index (χ3v) is 7.52. The van der Waals surface area contributed by atoms with E-state index in [0.29, 0.717) is 34.6 Å². The Kier molecular flexibility index (Phi) is 4.25. The molecule has 5 aliphatic rings. The largest absolute Gasteiger partial charge is 0.497 e. The molecule has 32 heavy (non-hydrogen) atoms. The van der Waals surface area contributed by atoms with Crippen molar-refractivity contribution >= 4 is 23.3 Å². The summed E-state index contributed by atoms with van der Waals surface area (Å²) in [4.78, 5) is 40.2. The summed E-state index contributed by atoms with van der Waals surface area (Å²) in [7, 11) is 1.55. The number of hydrogen-bond acceptors (Lipinski definition) is 5. The number of nitrogens with zero attached hydrogens (tertiary/aromatic N) is 1. The molecule has 1 heterocycles. The van der Waals surface area contributed by atoms with Gasteiger partial charge in [0.25, 0.3) is 0 Å². The molecular formula is C26H23NO5. The van der Waals surface area contributed by atoms with Crippen LogP contribution in [0.25, 0.3) is 0 Å². The van der Waals surface area contributed by atoms with E-state index in [1.807, 2.05) is 0 Å².